The molecule has 1 rings (SSSR count). The molecule has 0 fully saturated rings. The van der Waals surface area contributed by atoms with Gasteiger partial charge in [0.1, 0.15) is 0 Å². The Hall–Kier alpha value is -0.700. The van der Waals surface area contributed by atoms with Gasteiger partial charge in [-0.25, -0.2) is 0 Å². The molecule has 0 aliphatic heterocycles. The molecule has 0 aliphatic carbocycles. The molecule has 0 saturated carbocycles. The monoisotopic (exact) mass is 226 g/mol. The molecule has 3 heteroatoms. The number of unbranched alkanes of at least 4 members (excludes halogenated alkanes) is 1. The maximum Gasteiger partial charge on any atom is 0.0910 e. The van der Waals surface area contributed by atoms with E-state index in [1.807, 2.05) is 6.07 Å². The third-order valence-corrected chi connectivity index (χ3v) is 3.75. The van der Waals surface area contributed by atoms with E-state index in [1.54, 1.807) is 0 Å². The smallest absolute Gasteiger partial charge is 0.0910 e. The van der Waals surface area contributed by atoms with Gasteiger partial charge < -0.3 is 11.5 Å². The molecule has 15 heavy (non-hydrogen) atoms. The molecule has 2 nitrogen and oxygen atoms in total. The Labute approximate surface area is 96.7 Å². The van der Waals surface area contributed by atoms with Crippen LogP contribution in [0.5, 0.6) is 0 Å². The Morgan fingerprint density at radius 1 is 1.33 bits per heavy atom. The summed E-state index contributed by atoms with van der Waals surface area (Å²) in [6.45, 7) is 4.50. The highest BCUT2D eigenvalue weighted by molar-refractivity contribution is 7.19. The summed E-state index contributed by atoms with van der Waals surface area (Å²) in [4.78, 5) is 0. The fourth-order valence-electron chi connectivity index (χ4n) is 1.88. The zero-order chi connectivity index (χ0) is 11.3. The van der Waals surface area contributed by atoms with Crippen LogP contribution in [0.25, 0.3) is 0 Å². The molecule has 0 aromatic carbocycles. The van der Waals surface area contributed by atoms with E-state index >= 15 is 0 Å². The highest BCUT2D eigenvalue weighted by Crippen LogP contribution is 2.30. The van der Waals surface area contributed by atoms with Crippen LogP contribution in [0.4, 0.5) is 10.0 Å². The average Bonchev–Trinajstić information content (AvgIpc) is 2.52. The first kappa shape index (κ1) is 12.4. The van der Waals surface area contributed by atoms with Gasteiger partial charge in [-0.3, -0.25) is 0 Å². The van der Waals surface area contributed by atoms with Crippen molar-refractivity contribution in [2.45, 2.75) is 46.0 Å². The molecule has 0 saturated heterocycles. The SMILES string of the molecule is CCCCC(CC)Cc1cc(N)sc1N. The number of thiophene rings is 1. The van der Waals surface area contributed by atoms with Crippen LogP contribution in [0.15, 0.2) is 6.07 Å². The molecular formula is C12H22N2S. The number of hydrogen-bond acceptors (Lipinski definition) is 3. The van der Waals surface area contributed by atoms with Crippen molar-refractivity contribution in [2.24, 2.45) is 5.92 Å². The van der Waals surface area contributed by atoms with Gasteiger partial charge in [-0.05, 0) is 24.0 Å². The van der Waals surface area contributed by atoms with Crippen LogP contribution in [0.2, 0.25) is 0 Å². The number of rotatable bonds is 6. The van der Waals surface area contributed by atoms with Gasteiger partial charge in [0.25, 0.3) is 0 Å². The van der Waals surface area contributed by atoms with Crippen molar-refractivity contribution in [3.05, 3.63) is 11.6 Å². The highest BCUT2D eigenvalue weighted by atomic mass is 32.1. The van der Waals surface area contributed by atoms with Crippen LogP contribution in [0, 0.1) is 5.92 Å². The van der Waals surface area contributed by atoms with Crippen molar-refractivity contribution >= 4 is 21.3 Å². The first-order valence-electron chi connectivity index (χ1n) is 5.81. The van der Waals surface area contributed by atoms with Crippen LogP contribution in [0.1, 0.15) is 45.1 Å². The van der Waals surface area contributed by atoms with Gasteiger partial charge in [-0.15, -0.1) is 11.3 Å². The van der Waals surface area contributed by atoms with Gasteiger partial charge in [0.05, 0.1) is 10.0 Å². The van der Waals surface area contributed by atoms with E-state index in [9.17, 15) is 0 Å². The molecule has 1 unspecified atom stereocenters. The number of nitrogens with two attached hydrogens (primary N) is 2. The van der Waals surface area contributed by atoms with Crippen LogP contribution < -0.4 is 11.5 Å². The van der Waals surface area contributed by atoms with Crippen molar-refractivity contribution in [3.8, 4) is 0 Å². The van der Waals surface area contributed by atoms with Crippen molar-refractivity contribution in [1.82, 2.24) is 0 Å². The van der Waals surface area contributed by atoms with Crippen molar-refractivity contribution in [1.29, 1.82) is 0 Å². The lowest BCUT2D eigenvalue weighted by molar-refractivity contribution is 0.450. The Morgan fingerprint density at radius 2 is 2.07 bits per heavy atom. The Kier molecular flexibility index (Phi) is 4.95. The lowest BCUT2D eigenvalue weighted by Gasteiger charge is -2.13. The molecule has 0 spiro atoms. The minimum Gasteiger partial charge on any atom is -0.391 e. The summed E-state index contributed by atoms with van der Waals surface area (Å²) < 4.78 is 0. The molecule has 0 aliphatic rings. The van der Waals surface area contributed by atoms with Gasteiger partial charge >= 0.3 is 0 Å². The zero-order valence-corrected chi connectivity index (χ0v) is 10.6. The van der Waals surface area contributed by atoms with E-state index in [0.29, 0.717) is 0 Å². The topological polar surface area (TPSA) is 52.0 Å². The summed E-state index contributed by atoms with van der Waals surface area (Å²) in [5.74, 6) is 0.765. The maximum absolute atomic E-state index is 5.91. The quantitative estimate of drug-likeness (QED) is 0.777. The minimum absolute atomic E-state index is 0.765. The van der Waals surface area contributed by atoms with E-state index in [1.165, 1.54) is 42.6 Å². The van der Waals surface area contributed by atoms with Crippen LogP contribution in [0.3, 0.4) is 0 Å². The van der Waals surface area contributed by atoms with E-state index in [-0.39, 0.29) is 0 Å². The van der Waals surface area contributed by atoms with Gasteiger partial charge in [-0.2, -0.15) is 0 Å². The second-order valence-corrected chi connectivity index (χ2v) is 5.27. The van der Waals surface area contributed by atoms with Crippen LogP contribution in [-0.4, -0.2) is 0 Å². The van der Waals surface area contributed by atoms with Gasteiger partial charge in [0.15, 0.2) is 0 Å². The Bertz CT molecular complexity index is 294. The first-order chi connectivity index (χ1) is 7.17. The Balaban J connectivity index is 2.54. The molecule has 86 valence electrons. The summed E-state index contributed by atoms with van der Waals surface area (Å²) in [6.07, 6.45) is 6.23. The molecule has 4 N–H and O–H groups in total. The maximum atomic E-state index is 5.91. The summed E-state index contributed by atoms with van der Waals surface area (Å²) in [7, 11) is 0. The summed E-state index contributed by atoms with van der Waals surface area (Å²) in [5, 5.41) is 1.75. The zero-order valence-electron chi connectivity index (χ0n) is 9.75. The third-order valence-electron chi connectivity index (χ3n) is 2.91. The van der Waals surface area contributed by atoms with Crippen LogP contribution in [-0.2, 0) is 6.42 Å². The predicted octanol–water partition coefficient (Wildman–Crippen LogP) is 3.67. The highest BCUT2D eigenvalue weighted by Gasteiger charge is 2.11. The summed E-state index contributed by atoms with van der Waals surface area (Å²) in [5.41, 5.74) is 12.9. The molecule has 1 heterocycles. The lowest BCUT2D eigenvalue weighted by Crippen LogP contribution is -2.04. The van der Waals surface area contributed by atoms with Gasteiger partial charge in [-0.1, -0.05) is 39.5 Å². The van der Waals surface area contributed by atoms with E-state index in [0.717, 1.165) is 22.3 Å². The van der Waals surface area contributed by atoms with Gasteiger partial charge in [0.2, 0.25) is 0 Å². The third kappa shape index (κ3) is 3.74. The standard InChI is InChI=1S/C12H22N2S/c1-3-5-6-9(4-2)7-10-8-11(13)15-12(10)14/h8-9H,3-7,13-14H2,1-2H3. The Morgan fingerprint density at radius 3 is 2.53 bits per heavy atom. The predicted molar refractivity (Wildman–Crippen MR) is 70.2 cm³/mol. The van der Waals surface area contributed by atoms with E-state index in [2.05, 4.69) is 13.8 Å². The second kappa shape index (κ2) is 6.01. The first-order valence-corrected chi connectivity index (χ1v) is 6.62. The molecule has 1 atom stereocenters. The molecule has 1 aromatic heterocycles. The lowest BCUT2D eigenvalue weighted by atomic mass is 9.93. The average molecular weight is 226 g/mol. The van der Waals surface area contributed by atoms with Gasteiger partial charge in [0, 0.05) is 0 Å². The van der Waals surface area contributed by atoms with Crippen molar-refractivity contribution in [3.63, 3.8) is 0 Å². The molecule has 1 aromatic rings. The molecule has 0 bridgehead atoms. The van der Waals surface area contributed by atoms with Crippen molar-refractivity contribution < 1.29 is 0 Å². The summed E-state index contributed by atoms with van der Waals surface area (Å²) in [6, 6.07) is 2.04. The molecular weight excluding hydrogens is 204 g/mol. The summed E-state index contributed by atoms with van der Waals surface area (Å²) >= 11 is 1.50. The minimum atomic E-state index is 0.765. The molecule has 0 radical (unpaired) electrons. The second-order valence-electron chi connectivity index (χ2n) is 4.16. The fraction of sp³-hybridized carbons (Fsp3) is 0.667. The molecule has 0 amide bonds. The fourth-order valence-corrected chi connectivity index (χ4v) is 2.61. The van der Waals surface area contributed by atoms with Crippen molar-refractivity contribution in [2.75, 3.05) is 11.5 Å². The van der Waals surface area contributed by atoms with Crippen LogP contribution >= 0.6 is 11.3 Å². The number of nitrogen functional groups attached to an aromatic ring is 2. The normalized spacial score (nSPS) is 12.9. The van der Waals surface area contributed by atoms with E-state index < -0.39 is 0 Å². The number of anilines is 2. The number of hydrogen-bond donors (Lipinski definition) is 2. The van der Waals surface area contributed by atoms with E-state index in [4.69, 9.17) is 11.5 Å². The largest absolute Gasteiger partial charge is 0.391 e.